The Bertz CT molecular complexity index is 682. The molecule has 26 heavy (non-hydrogen) atoms. The van der Waals surface area contributed by atoms with Crippen molar-refractivity contribution in [3.63, 3.8) is 0 Å². The van der Waals surface area contributed by atoms with Gasteiger partial charge in [0.1, 0.15) is 11.6 Å². The smallest absolute Gasteiger partial charge is 0.191 e. The highest BCUT2D eigenvalue weighted by molar-refractivity contribution is 5.79. The van der Waals surface area contributed by atoms with Crippen molar-refractivity contribution in [2.24, 2.45) is 4.99 Å². The highest BCUT2D eigenvalue weighted by atomic mass is 19.1. The van der Waals surface area contributed by atoms with Crippen LogP contribution in [0.15, 0.2) is 52.1 Å². The highest BCUT2D eigenvalue weighted by Crippen LogP contribution is 2.11. The molecule has 1 aromatic heterocycles. The molecule has 1 aliphatic heterocycles. The fourth-order valence-corrected chi connectivity index (χ4v) is 2.92. The monoisotopic (exact) mass is 359 g/mol. The zero-order valence-electron chi connectivity index (χ0n) is 14.9. The number of guanidine groups is 1. The van der Waals surface area contributed by atoms with E-state index in [2.05, 4.69) is 15.6 Å². The topological polar surface area (TPSA) is 58.8 Å². The van der Waals surface area contributed by atoms with Gasteiger partial charge in [0.25, 0.3) is 0 Å². The first-order valence-corrected chi connectivity index (χ1v) is 9.20. The van der Waals surface area contributed by atoms with E-state index in [1.54, 1.807) is 12.3 Å². The van der Waals surface area contributed by atoms with E-state index in [-0.39, 0.29) is 11.9 Å². The van der Waals surface area contributed by atoms with E-state index in [1.165, 1.54) is 18.6 Å². The molecule has 2 N–H and O–H groups in total. The summed E-state index contributed by atoms with van der Waals surface area (Å²) in [5.41, 5.74) is 0.839. The number of benzene rings is 1. The van der Waals surface area contributed by atoms with Gasteiger partial charge >= 0.3 is 0 Å². The Morgan fingerprint density at radius 3 is 2.92 bits per heavy atom. The van der Waals surface area contributed by atoms with Crippen molar-refractivity contribution in [1.29, 1.82) is 0 Å². The third-order valence-corrected chi connectivity index (χ3v) is 4.32. The number of halogens is 1. The van der Waals surface area contributed by atoms with E-state index in [1.807, 2.05) is 18.2 Å². The van der Waals surface area contributed by atoms with Crippen LogP contribution < -0.4 is 10.6 Å². The zero-order chi connectivity index (χ0) is 18.0. The number of ether oxygens (including phenoxy) is 1. The van der Waals surface area contributed by atoms with E-state index in [0.717, 1.165) is 43.7 Å². The molecule has 2 heterocycles. The average Bonchev–Trinajstić information content (AvgIpc) is 3.18. The van der Waals surface area contributed by atoms with Gasteiger partial charge in [0.05, 0.1) is 18.9 Å². The summed E-state index contributed by atoms with van der Waals surface area (Å²) in [6.07, 6.45) is 6.07. The van der Waals surface area contributed by atoms with Crippen LogP contribution in [0.4, 0.5) is 4.39 Å². The standard InChI is InChI=1S/C20H26FN3O2/c21-17-6-3-5-16(13-17)14-23-20(22-10-9-18-8-4-12-25-18)24-15-19-7-1-2-11-26-19/h3-6,8,12-13,19H,1-2,7,9-11,14-15H2,(H2,22,23,24). The van der Waals surface area contributed by atoms with Crippen LogP contribution >= 0.6 is 0 Å². The molecule has 0 radical (unpaired) electrons. The molecule has 6 heteroatoms. The van der Waals surface area contributed by atoms with E-state index in [4.69, 9.17) is 9.15 Å². The quantitative estimate of drug-likeness (QED) is 0.588. The van der Waals surface area contributed by atoms with Crippen LogP contribution in [0, 0.1) is 5.82 Å². The normalized spacial score (nSPS) is 17.9. The summed E-state index contributed by atoms with van der Waals surface area (Å²) >= 11 is 0. The number of nitrogens with one attached hydrogen (secondary N) is 2. The number of rotatable bonds is 7. The third kappa shape index (κ3) is 6.19. The van der Waals surface area contributed by atoms with Gasteiger partial charge in [-0.3, -0.25) is 0 Å². The lowest BCUT2D eigenvalue weighted by Crippen LogP contribution is -2.43. The van der Waals surface area contributed by atoms with E-state index < -0.39 is 0 Å². The summed E-state index contributed by atoms with van der Waals surface area (Å²) < 4.78 is 24.4. The van der Waals surface area contributed by atoms with Gasteiger partial charge in [-0.15, -0.1) is 0 Å². The Morgan fingerprint density at radius 2 is 2.15 bits per heavy atom. The summed E-state index contributed by atoms with van der Waals surface area (Å²) in [6.45, 7) is 2.66. The van der Waals surface area contributed by atoms with E-state index in [9.17, 15) is 4.39 Å². The maximum atomic E-state index is 13.3. The number of nitrogens with zero attached hydrogens (tertiary/aromatic N) is 1. The van der Waals surface area contributed by atoms with Gasteiger partial charge in [0, 0.05) is 26.1 Å². The molecule has 5 nitrogen and oxygen atoms in total. The molecule has 0 spiro atoms. The van der Waals surface area contributed by atoms with Gasteiger partial charge in [0.2, 0.25) is 0 Å². The maximum Gasteiger partial charge on any atom is 0.191 e. The Morgan fingerprint density at radius 1 is 1.19 bits per heavy atom. The number of aliphatic imine (C=N–C) groups is 1. The first kappa shape index (κ1) is 18.5. The van der Waals surface area contributed by atoms with Crippen molar-refractivity contribution in [2.45, 2.75) is 38.3 Å². The van der Waals surface area contributed by atoms with E-state index >= 15 is 0 Å². The molecule has 1 aliphatic rings. The summed E-state index contributed by atoms with van der Waals surface area (Å²) in [6, 6.07) is 10.4. The number of furan rings is 1. The molecule has 0 aliphatic carbocycles. The predicted octanol–water partition coefficient (Wildman–Crippen LogP) is 3.27. The minimum Gasteiger partial charge on any atom is -0.469 e. The zero-order valence-corrected chi connectivity index (χ0v) is 14.9. The second-order valence-corrected chi connectivity index (χ2v) is 6.42. The third-order valence-electron chi connectivity index (χ3n) is 4.32. The van der Waals surface area contributed by atoms with Crippen LogP contribution in [-0.2, 0) is 17.7 Å². The SMILES string of the molecule is Fc1cccc(CN=C(NCCc2ccco2)NCC2CCCCO2)c1. The van der Waals surface area contributed by atoms with Crippen LogP contribution in [0.2, 0.25) is 0 Å². The largest absolute Gasteiger partial charge is 0.469 e. The molecule has 140 valence electrons. The molecule has 2 aromatic rings. The number of hydrogen-bond donors (Lipinski definition) is 2. The number of hydrogen-bond acceptors (Lipinski definition) is 3. The lowest BCUT2D eigenvalue weighted by Gasteiger charge is -2.23. The summed E-state index contributed by atoms with van der Waals surface area (Å²) in [7, 11) is 0. The van der Waals surface area contributed by atoms with Crippen molar-refractivity contribution in [2.75, 3.05) is 19.7 Å². The molecule has 1 aromatic carbocycles. The van der Waals surface area contributed by atoms with Crippen molar-refractivity contribution < 1.29 is 13.5 Å². The van der Waals surface area contributed by atoms with Crippen molar-refractivity contribution >= 4 is 5.96 Å². The fourth-order valence-electron chi connectivity index (χ4n) is 2.92. The van der Waals surface area contributed by atoms with Gasteiger partial charge in [-0.05, 0) is 49.1 Å². The van der Waals surface area contributed by atoms with Crippen LogP contribution in [0.1, 0.15) is 30.6 Å². The van der Waals surface area contributed by atoms with Crippen LogP contribution in [-0.4, -0.2) is 31.8 Å². The Labute approximate surface area is 153 Å². The van der Waals surface area contributed by atoms with Crippen molar-refractivity contribution in [3.8, 4) is 0 Å². The van der Waals surface area contributed by atoms with Gasteiger partial charge < -0.3 is 19.8 Å². The second kappa shape index (κ2) is 9.97. The van der Waals surface area contributed by atoms with Gasteiger partial charge in [0.15, 0.2) is 5.96 Å². The van der Waals surface area contributed by atoms with E-state index in [0.29, 0.717) is 19.0 Å². The molecule has 0 amide bonds. The summed E-state index contributed by atoms with van der Waals surface area (Å²) in [5.74, 6) is 1.39. The molecule has 0 bridgehead atoms. The van der Waals surface area contributed by atoms with Crippen molar-refractivity contribution in [3.05, 3.63) is 59.8 Å². The fraction of sp³-hybridized carbons (Fsp3) is 0.450. The Hall–Kier alpha value is -2.34. The minimum absolute atomic E-state index is 0.218. The van der Waals surface area contributed by atoms with Gasteiger partial charge in [-0.2, -0.15) is 0 Å². The van der Waals surface area contributed by atoms with Crippen LogP contribution in [0.3, 0.4) is 0 Å². The van der Waals surface area contributed by atoms with Crippen LogP contribution in [0.5, 0.6) is 0 Å². The first-order valence-electron chi connectivity index (χ1n) is 9.20. The molecule has 0 saturated carbocycles. The van der Waals surface area contributed by atoms with Crippen molar-refractivity contribution in [1.82, 2.24) is 10.6 Å². The summed E-state index contributed by atoms with van der Waals surface area (Å²) in [4.78, 5) is 4.58. The first-order chi connectivity index (χ1) is 12.8. The van der Waals surface area contributed by atoms with Crippen LogP contribution in [0.25, 0.3) is 0 Å². The Balaban J connectivity index is 1.54. The maximum absolute atomic E-state index is 13.3. The van der Waals surface area contributed by atoms with Gasteiger partial charge in [-0.1, -0.05) is 12.1 Å². The molecule has 3 rings (SSSR count). The molecular weight excluding hydrogens is 333 g/mol. The second-order valence-electron chi connectivity index (χ2n) is 6.42. The summed E-state index contributed by atoms with van der Waals surface area (Å²) in [5, 5.41) is 6.66. The predicted molar refractivity (Wildman–Crippen MR) is 99.5 cm³/mol. The highest BCUT2D eigenvalue weighted by Gasteiger charge is 2.14. The van der Waals surface area contributed by atoms with Gasteiger partial charge in [-0.25, -0.2) is 9.38 Å². The average molecular weight is 359 g/mol. The molecule has 1 atom stereocenters. The Kier molecular flexibility index (Phi) is 7.07. The molecular formula is C20H26FN3O2. The minimum atomic E-state index is -0.242. The molecule has 1 unspecified atom stereocenters. The molecule has 1 fully saturated rings. The lowest BCUT2D eigenvalue weighted by molar-refractivity contribution is 0.0194. The lowest BCUT2D eigenvalue weighted by atomic mass is 10.1. The molecule has 1 saturated heterocycles.